The molecule has 0 saturated heterocycles. The third kappa shape index (κ3) is 223. The second-order valence-electron chi connectivity index (χ2n) is 0.247. The Morgan fingerprint density at radius 2 is 1.00 bits per heavy atom. The molecule has 1 nitrogen and oxygen atoms in total. The maximum absolute atomic E-state index is 9.67. The fraction of sp³-hybridized carbons (Fsp3) is 1.00. The summed E-state index contributed by atoms with van der Waals surface area (Å²) in [6.07, 6.45) is 0. The van der Waals surface area contributed by atoms with E-state index in [2.05, 4.69) is 0 Å². The van der Waals surface area contributed by atoms with E-state index in [0.29, 0.717) is 0 Å². The molecule has 0 aliphatic rings. The summed E-state index contributed by atoms with van der Waals surface area (Å²) in [6.45, 7) is -3.67. The summed E-state index contributed by atoms with van der Waals surface area (Å²) in [5.74, 6) is 0. The van der Waals surface area contributed by atoms with Gasteiger partial charge in [-0.05, 0) is 0 Å². The van der Waals surface area contributed by atoms with Crippen molar-refractivity contribution in [1.29, 1.82) is 0 Å². The van der Waals surface area contributed by atoms with Crippen molar-refractivity contribution in [1.82, 2.24) is 0 Å². The zero-order valence-corrected chi connectivity index (χ0v) is 2.92. The second kappa shape index (κ2) is 8.82. The SMILES string of the molecule is FC(F)F.O.[He]. The molecule has 0 spiro atoms. The van der Waals surface area contributed by atoms with Crippen LogP contribution in [0.2, 0.25) is 0 Å². The quantitative estimate of drug-likeness (QED) is 0.413. The summed E-state index contributed by atoms with van der Waals surface area (Å²) in [4.78, 5) is 0. The predicted octanol–water partition coefficient (Wildman–Crippen LogP) is 0.354. The van der Waals surface area contributed by atoms with Gasteiger partial charge in [0.2, 0.25) is 0 Å². The normalized spacial score (nSPS) is 6.00. The summed E-state index contributed by atoms with van der Waals surface area (Å²) >= 11 is 0. The molecule has 5 heteroatoms. The van der Waals surface area contributed by atoms with E-state index in [1.165, 1.54) is 0 Å². The van der Waals surface area contributed by atoms with Gasteiger partial charge in [0.05, 0.1) is 0 Å². The first kappa shape index (κ1) is 17.4. The van der Waals surface area contributed by atoms with E-state index in [-0.39, 0.29) is 11.6 Å². The van der Waals surface area contributed by atoms with Gasteiger partial charge in [-0.3, -0.25) is 0 Å². The average molecular weight is 92.0 g/mol. The fourth-order valence-electron chi connectivity index (χ4n) is 0. The molecule has 0 saturated carbocycles. The van der Waals surface area contributed by atoms with Crippen LogP contribution in [-0.2, 0) is 0 Å². The Kier molecular flexibility index (Phi) is 25.5. The number of alkyl halides is 3. The van der Waals surface area contributed by atoms with E-state index in [1.807, 2.05) is 0 Å². The molecular weight excluding hydrogens is 89.0 g/mol. The molecule has 0 atom stereocenters. The van der Waals surface area contributed by atoms with E-state index in [1.54, 1.807) is 0 Å². The van der Waals surface area contributed by atoms with Crippen LogP contribution in [0.4, 0.5) is 13.2 Å². The van der Waals surface area contributed by atoms with Crippen molar-refractivity contribution in [3.8, 4) is 0 Å². The van der Waals surface area contributed by atoms with Crippen LogP contribution < -0.4 is 0 Å². The number of hydrogen-bond donors (Lipinski definition) is 0. The fourth-order valence-corrected chi connectivity index (χ4v) is 0. The van der Waals surface area contributed by atoms with Gasteiger partial charge in [-0.15, -0.1) is 0 Å². The van der Waals surface area contributed by atoms with Gasteiger partial charge in [-0.2, -0.15) is 13.2 Å². The summed E-state index contributed by atoms with van der Waals surface area (Å²) in [6, 6.07) is 0. The monoisotopic (exact) mass is 92.0 g/mol. The Balaban J connectivity index is -0.0000000450. The molecule has 0 amide bonds. The van der Waals surface area contributed by atoms with Crippen LogP contribution in [-0.4, -0.2) is 12.2 Å². The van der Waals surface area contributed by atoms with E-state index in [9.17, 15) is 13.2 Å². The Hall–Kier alpha value is -0.341. The van der Waals surface area contributed by atoms with Crippen molar-refractivity contribution in [3.05, 3.63) is 0 Å². The third-order valence-corrected chi connectivity index (χ3v) is 0. The Bertz CT molecular complexity index is 15.5. The molecule has 0 bridgehead atoms. The van der Waals surface area contributed by atoms with Gasteiger partial charge in [0.1, 0.15) is 0 Å². The van der Waals surface area contributed by atoms with Crippen molar-refractivity contribution in [2.75, 3.05) is 0 Å². The molecule has 6 heavy (non-hydrogen) atoms. The smallest absolute Gasteiger partial charge is 0.379 e. The Labute approximate surface area is 32.9 Å². The summed E-state index contributed by atoms with van der Waals surface area (Å²) < 4.78 is 29.0. The van der Waals surface area contributed by atoms with Gasteiger partial charge in [0.15, 0.2) is 0 Å². The van der Waals surface area contributed by atoms with Gasteiger partial charge < -0.3 is 5.48 Å². The maximum atomic E-state index is 9.67. The number of rotatable bonds is 0. The summed E-state index contributed by atoms with van der Waals surface area (Å²) in [5, 5.41) is 0. The van der Waals surface area contributed by atoms with E-state index < -0.39 is 6.68 Å². The van der Waals surface area contributed by atoms with Crippen LogP contribution in [0.3, 0.4) is 0 Å². The number of halogens is 3. The largest absolute Gasteiger partial charge is 0.412 e. The standard InChI is InChI=1S/CHF3.He.H2O/c2-1(3)4;;/h1H;;1H2. The van der Waals surface area contributed by atoms with E-state index in [4.69, 9.17) is 0 Å². The molecular formula is CH3F3HeO. The molecule has 0 aromatic rings. The molecule has 36 valence electrons. The van der Waals surface area contributed by atoms with Gasteiger partial charge in [-0.25, -0.2) is 0 Å². The first-order valence-corrected chi connectivity index (χ1v) is 0.655. The third-order valence-electron chi connectivity index (χ3n) is 0. The molecule has 0 fully saturated rings. The van der Waals surface area contributed by atoms with Crippen LogP contribution in [0.1, 0.15) is 0 Å². The van der Waals surface area contributed by atoms with Gasteiger partial charge in [0, 0.05) is 6.15 Å². The maximum Gasteiger partial charge on any atom is 0.379 e. The Morgan fingerprint density at radius 1 is 1.00 bits per heavy atom. The minimum Gasteiger partial charge on any atom is -0.412 e. The molecule has 0 aromatic carbocycles. The molecule has 0 aliphatic heterocycles. The van der Waals surface area contributed by atoms with E-state index in [0.717, 1.165) is 0 Å². The number of hydrogen-bond acceptors (Lipinski definition) is 0. The molecule has 0 unspecified atom stereocenters. The minimum atomic E-state index is -3.67. The summed E-state index contributed by atoms with van der Waals surface area (Å²) in [7, 11) is 0. The van der Waals surface area contributed by atoms with Crippen LogP contribution in [0.5, 0.6) is 0 Å². The van der Waals surface area contributed by atoms with Crippen molar-refractivity contribution in [2.45, 2.75) is 6.68 Å². The average Bonchev–Trinajstić information content (AvgIpc) is 0.811. The molecule has 0 aromatic heterocycles. The molecule has 0 rings (SSSR count). The van der Waals surface area contributed by atoms with Crippen LogP contribution in [0.15, 0.2) is 0 Å². The molecule has 0 heterocycles. The Morgan fingerprint density at radius 3 is 1.00 bits per heavy atom. The van der Waals surface area contributed by atoms with E-state index >= 15 is 0 Å². The zero-order chi connectivity index (χ0) is 3.58. The second-order valence-corrected chi connectivity index (χ2v) is 0.247. The molecule has 2 N–H and O–H groups in total. The molecule has 0 aliphatic carbocycles. The van der Waals surface area contributed by atoms with Gasteiger partial charge >= 0.3 is 6.68 Å². The van der Waals surface area contributed by atoms with Crippen LogP contribution in [0.25, 0.3) is 0 Å². The minimum absolute atomic E-state index is 0. The topological polar surface area (TPSA) is 31.5 Å². The van der Waals surface area contributed by atoms with Crippen LogP contribution in [0, 0.1) is 6.15 Å². The van der Waals surface area contributed by atoms with Crippen molar-refractivity contribution >= 4 is 0 Å². The summed E-state index contributed by atoms with van der Waals surface area (Å²) in [5.41, 5.74) is 0. The van der Waals surface area contributed by atoms with Gasteiger partial charge in [-0.1, -0.05) is 0 Å². The zero-order valence-electron chi connectivity index (χ0n) is 2.92. The first-order valence-electron chi connectivity index (χ1n) is 0.655. The van der Waals surface area contributed by atoms with Crippen LogP contribution >= 0.6 is 0 Å². The van der Waals surface area contributed by atoms with Crippen molar-refractivity contribution in [3.63, 3.8) is 0 Å². The first-order chi connectivity index (χ1) is 1.73. The van der Waals surface area contributed by atoms with Crippen molar-refractivity contribution < 1.29 is 24.8 Å². The van der Waals surface area contributed by atoms with Gasteiger partial charge in [0.25, 0.3) is 0 Å². The van der Waals surface area contributed by atoms with Crippen molar-refractivity contribution in [2.24, 2.45) is 0 Å². The molecule has 0 radical (unpaired) electrons. The predicted molar refractivity (Wildman–Crippen MR) is 10.7 cm³/mol.